The summed E-state index contributed by atoms with van der Waals surface area (Å²) in [5.41, 5.74) is 2.50. The van der Waals surface area contributed by atoms with Gasteiger partial charge in [0.1, 0.15) is 5.82 Å². The molecule has 1 fully saturated rings. The molecule has 1 aliphatic carbocycles. The lowest BCUT2D eigenvalue weighted by atomic mass is 10.1. The summed E-state index contributed by atoms with van der Waals surface area (Å²) in [4.78, 5) is 6.08. The van der Waals surface area contributed by atoms with Crippen LogP contribution in [0.2, 0.25) is 0 Å². The van der Waals surface area contributed by atoms with Gasteiger partial charge in [-0.15, -0.1) is 0 Å². The number of nitrogens with zero attached hydrogens (tertiary/aromatic N) is 2. The number of hydrogen-bond donors (Lipinski definition) is 1. The molecular formula is C15H20F3N3. The number of nitrogens with one attached hydrogen (secondary N) is 1. The maximum atomic E-state index is 12.3. The normalized spacial score (nSPS) is 22.5. The number of likely N-dealkylation sites (tertiary alicyclic amines) is 1. The van der Waals surface area contributed by atoms with Crippen molar-refractivity contribution in [2.24, 2.45) is 5.92 Å². The topological polar surface area (TPSA) is 28.2 Å². The number of aromatic nitrogens is 1. The van der Waals surface area contributed by atoms with E-state index in [0.717, 1.165) is 25.1 Å². The fraction of sp³-hybridized carbons (Fsp3) is 0.667. The fourth-order valence-electron chi connectivity index (χ4n) is 3.24. The Bertz CT molecular complexity index is 501. The number of rotatable bonds is 4. The standard InChI is InChI=1S/C15H20F3N3/c16-15(17,18)10-21-7-6-11(9-21)8-19-14-5-4-12-2-1-3-13(12)20-14/h4-5,11H,1-3,6-10H2,(H,19,20). The number of anilines is 1. The van der Waals surface area contributed by atoms with Gasteiger partial charge in [0.15, 0.2) is 0 Å². The quantitative estimate of drug-likeness (QED) is 0.926. The number of alkyl halides is 3. The zero-order valence-corrected chi connectivity index (χ0v) is 11.9. The van der Waals surface area contributed by atoms with Gasteiger partial charge in [0.25, 0.3) is 0 Å². The number of hydrogen-bond acceptors (Lipinski definition) is 3. The molecule has 1 saturated heterocycles. The first-order valence-corrected chi connectivity index (χ1v) is 7.51. The Labute approximate surface area is 122 Å². The molecule has 0 amide bonds. The molecule has 0 bridgehead atoms. The minimum Gasteiger partial charge on any atom is -0.370 e. The number of pyridine rings is 1. The van der Waals surface area contributed by atoms with E-state index in [2.05, 4.69) is 16.4 Å². The van der Waals surface area contributed by atoms with Crippen LogP contribution in [0.15, 0.2) is 12.1 Å². The van der Waals surface area contributed by atoms with E-state index in [1.807, 2.05) is 6.07 Å². The number of halogens is 3. The fourth-order valence-corrected chi connectivity index (χ4v) is 3.24. The van der Waals surface area contributed by atoms with Crippen LogP contribution >= 0.6 is 0 Å². The van der Waals surface area contributed by atoms with Crippen LogP contribution in [-0.4, -0.2) is 42.2 Å². The van der Waals surface area contributed by atoms with Crippen LogP contribution in [-0.2, 0) is 12.8 Å². The Morgan fingerprint density at radius 3 is 2.95 bits per heavy atom. The van der Waals surface area contributed by atoms with Crippen LogP contribution in [0.5, 0.6) is 0 Å². The maximum Gasteiger partial charge on any atom is 0.401 e. The maximum absolute atomic E-state index is 12.3. The molecule has 1 unspecified atom stereocenters. The lowest BCUT2D eigenvalue weighted by molar-refractivity contribution is -0.143. The van der Waals surface area contributed by atoms with E-state index in [9.17, 15) is 13.2 Å². The monoisotopic (exact) mass is 299 g/mol. The average Bonchev–Trinajstić information content (AvgIpc) is 3.02. The first-order valence-electron chi connectivity index (χ1n) is 7.51. The van der Waals surface area contributed by atoms with Gasteiger partial charge in [-0.25, -0.2) is 4.98 Å². The Morgan fingerprint density at radius 1 is 1.29 bits per heavy atom. The summed E-state index contributed by atoms with van der Waals surface area (Å²) >= 11 is 0. The van der Waals surface area contributed by atoms with Gasteiger partial charge in [-0.3, -0.25) is 4.90 Å². The van der Waals surface area contributed by atoms with Crippen molar-refractivity contribution in [2.45, 2.75) is 31.9 Å². The predicted octanol–water partition coefficient (Wildman–Crippen LogP) is 2.87. The highest BCUT2D eigenvalue weighted by Crippen LogP contribution is 2.24. The van der Waals surface area contributed by atoms with Gasteiger partial charge in [-0.1, -0.05) is 6.07 Å². The minimum absolute atomic E-state index is 0.266. The van der Waals surface area contributed by atoms with E-state index < -0.39 is 12.7 Å². The number of fused-ring (bicyclic) bond motifs is 1. The summed E-state index contributed by atoms with van der Waals surface area (Å²) in [6, 6.07) is 4.09. The summed E-state index contributed by atoms with van der Waals surface area (Å²) in [5.74, 6) is 1.12. The molecular weight excluding hydrogens is 279 g/mol. The average molecular weight is 299 g/mol. The van der Waals surface area contributed by atoms with Crippen molar-refractivity contribution in [1.29, 1.82) is 0 Å². The van der Waals surface area contributed by atoms with Gasteiger partial charge in [-0.05, 0) is 49.8 Å². The third-order valence-corrected chi connectivity index (χ3v) is 4.27. The van der Waals surface area contributed by atoms with Gasteiger partial charge in [0.05, 0.1) is 6.54 Å². The molecule has 6 heteroatoms. The lowest BCUT2D eigenvalue weighted by Crippen LogP contribution is -2.33. The highest BCUT2D eigenvalue weighted by molar-refractivity contribution is 5.40. The van der Waals surface area contributed by atoms with Gasteiger partial charge in [0.2, 0.25) is 0 Å². The van der Waals surface area contributed by atoms with Crippen molar-refractivity contribution in [3.63, 3.8) is 0 Å². The molecule has 3 nitrogen and oxygen atoms in total. The molecule has 1 aromatic rings. The largest absolute Gasteiger partial charge is 0.401 e. The van der Waals surface area contributed by atoms with E-state index in [-0.39, 0.29) is 5.92 Å². The molecule has 1 aromatic heterocycles. The number of aryl methyl sites for hydroxylation is 2. The third-order valence-electron chi connectivity index (χ3n) is 4.27. The molecule has 1 atom stereocenters. The van der Waals surface area contributed by atoms with E-state index >= 15 is 0 Å². The van der Waals surface area contributed by atoms with Crippen LogP contribution in [0, 0.1) is 5.92 Å². The van der Waals surface area contributed by atoms with Crippen LogP contribution in [0.4, 0.5) is 19.0 Å². The van der Waals surface area contributed by atoms with Crippen molar-refractivity contribution in [1.82, 2.24) is 9.88 Å². The molecule has 3 rings (SSSR count). The molecule has 0 aromatic carbocycles. The summed E-state index contributed by atoms with van der Waals surface area (Å²) < 4.78 is 37.0. The lowest BCUT2D eigenvalue weighted by Gasteiger charge is -2.18. The molecule has 1 N–H and O–H groups in total. The summed E-state index contributed by atoms with van der Waals surface area (Å²) in [5, 5.41) is 3.28. The van der Waals surface area contributed by atoms with Gasteiger partial charge in [0, 0.05) is 18.8 Å². The SMILES string of the molecule is FC(F)(F)CN1CCC(CNc2ccc3c(n2)CCC3)C1. The Hall–Kier alpha value is -1.30. The summed E-state index contributed by atoms with van der Waals surface area (Å²) in [6.07, 6.45) is 0.0317. The second-order valence-corrected chi connectivity index (χ2v) is 6.04. The summed E-state index contributed by atoms with van der Waals surface area (Å²) in [7, 11) is 0. The van der Waals surface area contributed by atoms with Crippen LogP contribution in [0.3, 0.4) is 0 Å². The first-order chi connectivity index (χ1) is 9.99. The van der Waals surface area contributed by atoms with Crippen LogP contribution in [0.1, 0.15) is 24.1 Å². The van der Waals surface area contributed by atoms with Crippen molar-refractivity contribution < 1.29 is 13.2 Å². The molecule has 2 aliphatic rings. The molecule has 21 heavy (non-hydrogen) atoms. The van der Waals surface area contributed by atoms with Crippen LogP contribution < -0.4 is 5.32 Å². The third kappa shape index (κ3) is 3.87. The predicted molar refractivity (Wildman–Crippen MR) is 75.4 cm³/mol. The second-order valence-electron chi connectivity index (χ2n) is 6.04. The van der Waals surface area contributed by atoms with E-state index in [1.165, 1.54) is 22.6 Å². The van der Waals surface area contributed by atoms with Gasteiger partial charge >= 0.3 is 6.18 Å². The molecule has 0 saturated carbocycles. The smallest absolute Gasteiger partial charge is 0.370 e. The minimum atomic E-state index is -4.09. The van der Waals surface area contributed by atoms with Gasteiger partial charge < -0.3 is 5.32 Å². The van der Waals surface area contributed by atoms with Crippen molar-refractivity contribution in [2.75, 3.05) is 31.5 Å². The molecule has 0 spiro atoms. The van der Waals surface area contributed by atoms with Gasteiger partial charge in [-0.2, -0.15) is 13.2 Å². The van der Waals surface area contributed by atoms with Crippen molar-refractivity contribution in [3.8, 4) is 0 Å². The first kappa shape index (κ1) is 14.6. The van der Waals surface area contributed by atoms with E-state index in [0.29, 0.717) is 19.6 Å². The highest BCUT2D eigenvalue weighted by Gasteiger charge is 2.34. The molecule has 0 radical (unpaired) electrons. The van der Waals surface area contributed by atoms with E-state index in [1.54, 1.807) is 0 Å². The van der Waals surface area contributed by atoms with Crippen molar-refractivity contribution in [3.05, 3.63) is 23.4 Å². The second kappa shape index (κ2) is 5.83. The Kier molecular flexibility index (Phi) is 4.06. The van der Waals surface area contributed by atoms with E-state index in [4.69, 9.17) is 0 Å². The molecule has 2 heterocycles. The highest BCUT2D eigenvalue weighted by atomic mass is 19.4. The van der Waals surface area contributed by atoms with Crippen LogP contribution in [0.25, 0.3) is 0 Å². The zero-order chi connectivity index (χ0) is 14.9. The zero-order valence-electron chi connectivity index (χ0n) is 11.9. The van der Waals surface area contributed by atoms with Crippen molar-refractivity contribution >= 4 is 5.82 Å². The summed E-state index contributed by atoms with van der Waals surface area (Å²) in [6.45, 7) is 0.946. The Balaban J connectivity index is 1.48. The molecule has 1 aliphatic heterocycles. The Morgan fingerprint density at radius 2 is 2.14 bits per heavy atom. The molecule has 116 valence electrons.